The number of carbonyl (C=O) groups is 1. The quantitative estimate of drug-likeness (QED) is 0.573. The second-order valence-corrected chi connectivity index (χ2v) is 1.65. The van der Waals surface area contributed by atoms with Gasteiger partial charge < -0.3 is 0 Å². The molecule has 52 valence electrons. The third kappa shape index (κ3) is 2.14. The van der Waals surface area contributed by atoms with Crippen LogP contribution in [0.4, 0.5) is 0 Å². The van der Waals surface area contributed by atoms with Crippen molar-refractivity contribution in [3.05, 3.63) is 24.3 Å². The fourth-order valence-corrected chi connectivity index (χ4v) is 0.481. The molecular weight excluding hydrogens is 148 g/mol. The summed E-state index contributed by atoms with van der Waals surface area (Å²) in [6.45, 7) is 1.46. The average Bonchev–Trinajstić information content (AvgIpc) is 1.90. The van der Waals surface area contributed by atoms with Gasteiger partial charge in [-0.15, -0.1) is 0 Å². The molecule has 0 atom stereocenters. The number of carbonyl (C=O) groups excluding carboxylic acids is 1. The van der Waals surface area contributed by atoms with Crippen LogP contribution in [0.2, 0.25) is 0 Å². The smallest absolute Gasteiger partial charge is 0.179 e. The second-order valence-electron chi connectivity index (χ2n) is 1.65. The van der Waals surface area contributed by atoms with Gasteiger partial charge in [-0.05, 0) is 0 Å². The zero-order valence-electron chi connectivity index (χ0n) is 5.44. The first kappa shape index (κ1) is 9.10. The van der Waals surface area contributed by atoms with Gasteiger partial charge in [0.25, 0.3) is 0 Å². The number of hydrogen-bond acceptors (Lipinski definition) is 3. The van der Waals surface area contributed by atoms with Gasteiger partial charge in [0.1, 0.15) is 5.69 Å². The number of aromatic nitrogens is 2. The Bertz CT molecular complexity index is 212. The molecule has 0 saturated heterocycles. The Kier molecular flexibility index (Phi) is 3.64. The normalized spacial score (nSPS) is 8.10. The van der Waals surface area contributed by atoms with Crippen molar-refractivity contribution < 1.29 is 4.79 Å². The Morgan fingerprint density at radius 2 is 2.20 bits per heavy atom. The predicted octanol–water partition coefficient (Wildman–Crippen LogP) is 1.33. The van der Waals surface area contributed by atoms with Crippen LogP contribution in [0.3, 0.4) is 0 Å². The Morgan fingerprint density at radius 1 is 1.50 bits per heavy atom. The fraction of sp³-hybridized carbons (Fsp3) is 0.167. The van der Waals surface area contributed by atoms with Gasteiger partial charge in [0, 0.05) is 32.8 Å². The molecule has 0 fully saturated rings. The standard InChI is InChI=1S/C6H6N2O.S/c1-5(9)6-4-7-2-3-8-6;/h2-4H,1H3;. The van der Waals surface area contributed by atoms with E-state index in [0.29, 0.717) is 5.69 Å². The monoisotopic (exact) mass is 154 g/mol. The maximum absolute atomic E-state index is 10.5. The summed E-state index contributed by atoms with van der Waals surface area (Å²) in [5.74, 6) is -0.0527. The fourth-order valence-electron chi connectivity index (χ4n) is 0.481. The van der Waals surface area contributed by atoms with Gasteiger partial charge in [-0.25, -0.2) is 4.98 Å². The van der Waals surface area contributed by atoms with E-state index >= 15 is 0 Å². The minimum Gasteiger partial charge on any atom is -0.293 e. The highest BCUT2D eigenvalue weighted by atomic mass is 32.1. The molecule has 1 aromatic rings. The molecular formula is C6H6N2OS. The van der Waals surface area contributed by atoms with Crippen molar-refractivity contribution in [2.75, 3.05) is 0 Å². The molecule has 10 heavy (non-hydrogen) atoms. The lowest BCUT2D eigenvalue weighted by atomic mass is 10.3. The molecule has 0 aliphatic heterocycles. The molecule has 1 rings (SSSR count). The Balaban J connectivity index is 0.000000810. The second kappa shape index (κ2) is 4.00. The molecule has 3 nitrogen and oxygen atoms in total. The molecule has 1 aromatic heterocycles. The van der Waals surface area contributed by atoms with E-state index in [0.717, 1.165) is 0 Å². The van der Waals surface area contributed by atoms with Gasteiger partial charge in [-0.1, -0.05) is 0 Å². The van der Waals surface area contributed by atoms with Crippen LogP contribution in [0.1, 0.15) is 17.4 Å². The summed E-state index contributed by atoms with van der Waals surface area (Å²) in [6, 6.07) is 0. The van der Waals surface area contributed by atoms with Crippen molar-refractivity contribution in [1.29, 1.82) is 0 Å². The molecule has 1 heterocycles. The van der Waals surface area contributed by atoms with Crippen LogP contribution in [0.5, 0.6) is 0 Å². The number of hydrogen-bond donors (Lipinski definition) is 0. The first-order valence-corrected chi connectivity index (χ1v) is 2.57. The molecule has 0 bridgehead atoms. The van der Waals surface area contributed by atoms with E-state index in [1.165, 1.54) is 25.5 Å². The van der Waals surface area contributed by atoms with Crippen LogP contribution in [0.25, 0.3) is 0 Å². The number of Topliss-reactive ketones (excluding diaryl/α,β-unsaturated/α-hetero) is 1. The van der Waals surface area contributed by atoms with Crippen molar-refractivity contribution in [1.82, 2.24) is 9.97 Å². The maximum atomic E-state index is 10.5. The minimum absolute atomic E-state index is 0. The van der Waals surface area contributed by atoms with Crippen molar-refractivity contribution in [2.24, 2.45) is 0 Å². The van der Waals surface area contributed by atoms with Gasteiger partial charge >= 0.3 is 0 Å². The van der Waals surface area contributed by atoms with E-state index in [9.17, 15) is 4.79 Å². The van der Waals surface area contributed by atoms with E-state index in [1.54, 1.807) is 0 Å². The number of ketones is 1. The molecule has 0 saturated carbocycles. The first-order chi connectivity index (χ1) is 4.30. The Morgan fingerprint density at radius 3 is 2.50 bits per heavy atom. The topological polar surface area (TPSA) is 42.9 Å². The lowest BCUT2D eigenvalue weighted by Gasteiger charge is -1.87. The SMILES string of the molecule is CC(=O)c1cnccn1.[S]. The van der Waals surface area contributed by atoms with Crippen LogP contribution in [-0.2, 0) is 0 Å². The van der Waals surface area contributed by atoms with Crippen LogP contribution < -0.4 is 0 Å². The minimum atomic E-state index is -0.0527. The zero-order chi connectivity index (χ0) is 6.69. The van der Waals surface area contributed by atoms with Gasteiger partial charge in [0.15, 0.2) is 5.78 Å². The highest BCUT2D eigenvalue weighted by Crippen LogP contribution is 1.88. The van der Waals surface area contributed by atoms with E-state index in [1.807, 2.05) is 0 Å². The van der Waals surface area contributed by atoms with Crippen LogP contribution in [0, 0.1) is 0 Å². The average molecular weight is 154 g/mol. The lowest BCUT2D eigenvalue weighted by molar-refractivity contribution is 0.101. The van der Waals surface area contributed by atoms with E-state index in [4.69, 9.17) is 0 Å². The van der Waals surface area contributed by atoms with Crippen LogP contribution in [0.15, 0.2) is 18.6 Å². The van der Waals surface area contributed by atoms with Gasteiger partial charge in [0.2, 0.25) is 0 Å². The Hall–Kier alpha value is -0.900. The summed E-state index contributed by atoms with van der Waals surface area (Å²) in [5, 5.41) is 0. The summed E-state index contributed by atoms with van der Waals surface area (Å²) >= 11 is 0. The summed E-state index contributed by atoms with van der Waals surface area (Å²) in [4.78, 5) is 18.0. The van der Waals surface area contributed by atoms with Gasteiger partial charge in [-0.2, -0.15) is 0 Å². The Labute approximate surface area is 66.0 Å². The molecule has 4 heteroatoms. The largest absolute Gasteiger partial charge is 0.293 e. The van der Waals surface area contributed by atoms with Gasteiger partial charge in [-0.3, -0.25) is 9.78 Å². The molecule has 2 radical (unpaired) electrons. The van der Waals surface area contributed by atoms with Crippen molar-refractivity contribution >= 4 is 19.3 Å². The highest BCUT2D eigenvalue weighted by molar-refractivity contribution is 7.59. The number of rotatable bonds is 1. The summed E-state index contributed by atoms with van der Waals surface area (Å²) in [5.41, 5.74) is 0.414. The molecule has 0 N–H and O–H groups in total. The first-order valence-electron chi connectivity index (χ1n) is 2.57. The number of nitrogens with zero attached hydrogens (tertiary/aromatic N) is 2. The van der Waals surface area contributed by atoms with Crippen molar-refractivity contribution in [2.45, 2.75) is 6.92 Å². The van der Waals surface area contributed by atoms with E-state index < -0.39 is 0 Å². The third-order valence-electron chi connectivity index (χ3n) is 0.924. The zero-order valence-corrected chi connectivity index (χ0v) is 6.26. The third-order valence-corrected chi connectivity index (χ3v) is 0.924. The van der Waals surface area contributed by atoms with Crippen LogP contribution >= 0.6 is 13.5 Å². The summed E-state index contributed by atoms with van der Waals surface area (Å²) < 4.78 is 0. The molecule has 0 unspecified atom stereocenters. The van der Waals surface area contributed by atoms with Crippen LogP contribution in [-0.4, -0.2) is 15.8 Å². The molecule has 0 aliphatic rings. The van der Waals surface area contributed by atoms with Gasteiger partial charge in [0.05, 0.1) is 6.20 Å². The molecule has 0 aliphatic carbocycles. The lowest BCUT2D eigenvalue weighted by Crippen LogP contribution is -1.95. The molecule has 0 aromatic carbocycles. The molecule has 0 amide bonds. The van der Waals surface area contributed by atoms with E-state index in [-0.39, 0.29) is 19.3 Å². The van der Waals surface area contributed by atoms with Crippen molar-refractivity contribution in [3.63, 3.8) is 0 Å². The predicted molar refractivity (Wildman–Crippen MR) is 39.6 cm³/mol. The maximum Gasteiger partial charge on any atom is 0.179 e. The summed E-state index contributed by atoms with van der Waals surface area (Å²) in [6.07, 6.45) is 4.48. The van der Waals surface area contributed by atoms with Crippen molar-refractivity contribution in [3.8, 4) is 0 Å². The molecule has 0 spiro atoms. The highest BCUT2D eigenvalue weighted by Gasteiger charge is 1.96. The van der Waals surface area contributed by atoms with E-state index in [2.05, 4.69) is 9.97 Å². The summed E-state index contributed by atoms with van der Waals surface area (Å²) in [7, 11) is 0.